The van der Waals surface area contributed by atoms with Gasteiger partial charge in [-0.05, 0) is 102 Å². The third-order valence-electron chi connectivity index (χ3n) is 14.2. The summed E-state index contributed by atoms with van der Waals surface area (Å²) in [7, 11) is 0. The van der Waals surface area contributed by atoms with Crippen molar-refractivity contribution in [3.8, 4) is 11.4 Å². The smallest absolute Gasteiger partial charge is 0.138 e. The summed E-state index contributed by atoms with van der Waals surface area (Å²) in [6.07, 6.45) is 1.85. The molecule has 13 rings (SSSR count). The van der Waals surface area contributed by atoms with Crippen LogP contribution in [0.5, 0.6) is 0 Å². The third-order valence-corrected chi connectivity index (χ3v) is 14.2. The third kappa shape index (κ3) is 5.87. The number of furan rings is 1. The first kappa shape index (κ1) is 37.6. The minimum atomic E-state index is 0.0821. The number of hydrogen-bond donors (Lipinski definition) is 0. The largest absolute Gasteiger partial charge is 0.456 e. The van der Waals surface area contributed by atoms with Crippen LogP contribution in [0.4, 0.5) is 0 Å². The van der Waals surface area contributed by atoms with Crippen molar-refractivity contribution in [3.63, 3.8) is 0 Å². The van der Waals surface area contributed by atoms with Crippen LogP contribution in [0.1, 0.15) is 49.3 Å². The van der Waals surface area contributed by atoms with E-state index >= 15 is 0 Å². The average Bonchev–Trinajstić information content (AvgIpc) is 4.01. The molecule has 310 valence electrons. The number of benzene rings is 9. The Labute approximate surface area is 377 Å². The molecule has 0 N–H and O–H groups in total. The summed E-state index contributed by atoms with van der Waals surface area (Å²) in [5, 5.41) is 9.67. The summed E-state index contributed by atoms with van der Waals surface area (Å²) in [5.41, 5.74) is 15.8. The van der Waals surface area contributed by atoms with Crippen molar-refractivity contribution in [2.75, 3.05) is 0 Å². The van der Waals surface area contributed by atoms with E-state index in [1.54, 1.807) is 0 Å². The summed E-state index contributed by atoms with van der Waals surface area (Å²) in [4.78, 5) is 5.98. The molecule has 4 heterocycles. The van der Waals surface area contributed by atoms with Gasteiger partial charge in [0.25, 0.3) is 0 Å². The van der Waals surface area contributed by atoms with Crippen LogP contribution in [-0.4, -0.2) is 14.8 Å². The van der Waals surface area contributed by atoms with Gasteiger partial charge < -0.3 is 13.6 Å². The van der Waals surface area contributed by atoms with E-state index in [0.717, 1.165) is 68.5 Å². The van der Waals surface area contributed by atoms with Gasteiger partial charge in [-0.1, -0.05) is 153 Å². The van der Waals surface area contributed by atoms with Gasteiger partial charge in [-0.25, -0.2) is 0 Å². The van der Waals surface area contributed by atoms with Gasteiger partial charge in [-0.3, -0.25) is 4.99 Å². The molecule has 65 heavy (non-hydrogen) atoms. The first-order chi connectivity index (χ1) is 32.1. The van der Waals surface area contributed by atoms with Gasteiger partial charge in [0.05, 0.1) is 39.2 Å². The predicted octanol–water partition coefficient (Wildman–Crippen LogP) is 16.4. The zero-order valence-corrected chi connectivity index (χ0v) is 36.4. The molecular formula is C61H45N3O. The lowest BCUT2D eigenvalue weighted by Crippen LogP contribution is -2.23. The molecular weight excluding hydrogens is 791 g/mol. The topological polar surface area (TPSA) is 35.4 Å². The van der Waals surface area contributed by atoms with E-state index in [1.807, 2.05) is 0 Å². The minimum absolute atomic E-state index is 0.0821. The molecule has 0 amide bonds. The second kappa shape index (κ2) is 14.8. The first-order valence-corrected chi connectivity index (χ1v) is 22.9. The lowest BCUT2D eigenvalue weighted by Gasteiger charge is -2.30. The fourth-order valence-corrected chi connectivity index (χ4v) is 11.2. The molecule has 0 radical (unpaired) electrons. The predicted molar refractivity (Wildman–Crippen MR) is 273 cm³/mol. The zero-order valence-electron chi connectivity index (χ0n) is 36.4. The highest BCUT2D eigenvalue weighted by atomic mass is 16.3. The van der Waals surface area contributed by atoms with Crippen molar-refractivity contribution in [1.82, 2.24) is 9.13 Å². The number of nitrogens with zero attached hydrogens (tertiary/aromatic N) is 3. The number of hydrogen-bond acceptors (Lipinski definition) is 2. The molecule has 0 fully saturated rings. The van der Waals surface area contributed by atoms with Crippen molar-refractivity contribution in [1.29, 1.82) is 0 Å². The maximum Gasteiger partial charge on any atom is 0.138 e. The zero-order chi connectivity index (χ0) is 43.2. The van der Waals surface area contributed by atoms with E-state index in [9.17, 15) is 0 Å². The van der Waals surface area contributed by atoms with E-state index < -0.39 is 0 Å². The molecule has 12 aromatic rings. The molecule has 9 aromatic carbocycles. The van der Waals surface area contributed by atoms with Crippen LogP contribution in [0, 0.1) is 5.92 Å². The maximum absolute atomic E-state index is 6.84. The Hall–Kier alpha value is -7.95. The number of allylic oxidation sites excluding steroid dienone is 1. The highest BCUT2D eigenvalue weighted by molar-refractivity contribution is 6.16. The number of fused-ring (bicyclic) bond motifs is 10. The van der Waals surface area contributed by atoms with Gasteiger partial charge in [0.1, 0.15) is 11.2 Å². The van der Waals surface area contributed by atoms with Crippen LogP contribution in [0.25, 0.3) is 93.4 Å². The summed E-state index contributed by atoms with van der Waals surface area (Å²) in [5.74, 6) is 0.271. The molecule has 1 aliphatic rings. The second-order valence-corrected chi connectivity index (χ2v) is 17.9. The van der Waals surface area contributed by atoms with Crippen molar-refractivity contribution < 1.29 is 4.42 Å². The molecule has 2 atom stereocenters. The van der Waals surface area contributed by atoms with E-state index in [-0.39, 0.29) is 11.8 Å². The van der Waals surface area contributed by atoms with Gasteiger partial charge in [0, 0.05) is 55.6 Å². The van der Waals surface area contributed by atoms with Crippen molar-refractivity contribution in [2.45, 2.75) is 32.6 Å². The molecule has 0 spiro atoms. The summed E-state index contributed by atoms with van der Waals surface area (Å²) in [6.45, 7) is 4.72. The van der Waals surface area contributed by atoms with Gasteiger partial charge >= 0.3 is 0 Å². The Morgan fingerprint density at radius 2 is 1.14 bits per heavy atom. The normalized spacial score (nSPS) is 17.2. The highest BCUT2D eigenvalue weighted by Gasteiger charge is 2.31. The second-order valence-electron chi connectivity index (χ2n) is 17.9. The molecule has 0 aliphatic carbocycles. The van der Waals surface area contributed by atoms with E-state index in [1.165, 1.54) is 65.7 Å². The molecule has 1 aliphatic heterocycles. The van der Waals surface area contributed by atoms with E-state index in [4.69, 9.17) is 9.41 Å². The van der Waals surface area contributed by atoms with Crippen molar-refractivity contribution in [2.24, 2.45) is 10.9 Å². The van der Waals surface area contributed by atoms with E-state index in [0.29, 0.717) is 0 Å². The average molecular weight is 836 g/mol. The van der Waals surface area contributed by atoms with Crippen LogP contribution < -0.4 is 0 Å². The quantitative estimate of drug-likeness (QED) is 0.170. The number of rotatable bonds is 5. The molecule has 1 unspecified atom stereocenters. The Morgan fingerprint density at radius 1 is 0.508 bits per heavy atom. The molecule has 0 saturated carbocycles. The molecule has 3 aromatic heterocycles. The summed E-state index contributed by atoms with van der Waals surface area (Å²) < 4.78 is 11.8. The Kier molecular flexibility index (Phi) is 8.57. The highest BCUT2D eigenvalue weighted by Crippen LogP contribution is 2.46. The lowest BCUT2D eigenvalue weighted by atomic mass is 9.77. The standard InChI is InChI=1S/C61H45N3O/c1-38-32-33-45(48-27-17-28-49-46-24-11-15-30-54(46)64(61(48)49)43-22-7-4-8-23-43)39(2)60(40-18-5-3-6-19-40)62-59(38)52-36-44(37-57-58(52)50-26-13-16-31-56(50)65-57)63-53-29-14-12-25-47(53)51-34-41-20-9-10-21-42(41)35-55(51)63/h3-31,34-37,39,45H,32-33H2,1-2H3/b59-38+,62-60?/t39-,45?/m0/s1. The van der Waals surface area contributed by atoms with Gasteiger partial charge in [0.2, 0.25) is 0 Å². The SMILES string of the molecule is C/C1=C(/c2cc(-n3c4ccccc4c4cc5ccccc5cc43)cc3oc4ccccc4c23)N=C(c2ccccc2)[C@@H](C)C(c2cccc3c4ccccc4n(-c4ccccc4)c23)CC1. The Morgan fingerprint density at radius 3 is 1.92 bits per heavy atom. The molecule has 4 heteroatoms. The number of aromatic nitrogens is 2. The molecule has 4 nitrogen and oxygen atoms in total. The monoisotopic (exact) mass is 835 g/mol. The number of aliphatic imine (C=N–C) groups is 1. The van der Waals surface area contributed by atoms with Crippen LogP contribution in [0.3, 0.4) is 0 Å². The lowest BCUT2D eigenvalue weighted by molar-refractivity contribution is 0.531. The first-order valence-electron chi connectivity index (χ1n) is 22.9. The van der Waals surface area contributed by atoms with Gasteiger partial charge in [0.15, 0.2) is 0 Å². The summed E-state index contributed by atoms with van der Waals surface area (Å²) in [6, 6.07) is 72.8. The van der Waals surface area contributed by atoms with Crippen LogP contribution >= 0.6 is 0 Å². The fraction of sp³-hybridized carbons (Fsp3) is 0.0984. The van der Waals surface area contributed by atoms with E-state index in [2.05, 4.69) is 223 Å². The molecule has 0 bridgehead atoms. The number of para-hydroxylation sites is 5. The molecule has 0 saturated heterocycles. The van der Waals surface area contributed by atoms with Crippen molar-refractivity contribution in [3.05, 3.63) is 222 Å². The van der Waals surface area contributed by atoms with Crippen LogP contribution in [0.2, 0.25) is 0 Å². The Bertz CT molecular complexity index is 3920. The van der Waals surface area contributed by atoms with Gasteiger partial charge in [-0.2, -0.15) is 0 Å². The van der Waals surface area contributed by atoms with Crippen LogP contribution in [-0.2, 0) is 0 Å². The van der Waals surface area contributed by atoms with Crippen molar-refractivity contribution >= 4 is 87.7 Å². The van der Waals surface area contributed by atoms with Gasteiger partial charge in [-0.15, -0.1) is 0 Å². The Balaban J connectivity index is 1.06. The minimum Gasteiger partial charge on any atom is -0.456 e. The van der Waals surface area contributed by atoms with Crippen LogP contribution in [0.15, 0.2) is 215 Å². The summed E-state index contributed by atoms with van der Waals surface area (Å²) >= 11 is 0. The maximum atomic E-state index is 6.84. The fourth-order valence-electron chi connectivity index (χ4n) is 11.2.